The highest BCUT2D eigenvalue weighted by Crippen LogP contribution is 2.27. The van der Waals surface area contributed by atoms with E-state index in [1.807, 2.05) is 0 Å². The molecule has 1 aromatic carbocycles. The van der Waals surface area contributed by atoms with Gasteiger partial charge < -0.3 is 5.11 Å². The molecule has 0 aromatic heterocycles. The standard InChI is InChI=1S/C13H17NO4S/c1-9-5-12(6-9)14-19(17,18)8-10-3-2-4-11(7-10)13(15)16/h2-4,7,9,12,14H,5-6,8H2,1H3,(H,15,16). The van der Waals surface area contributed by atoms with Crippen molar-refractivity contribution in [3.8, 4) is 0 Å². The van der Waals surface area contributed by atoms with Crippen LogP contribution in [0.1, 0.15) is 35.7 Å². The number of carboxylic acid groups (broad SMARTS) is 1. The van der Waals surface area contributed by atoms with Gasteiger partial charge in [0.05, 0.1) is 11.3 Å². The second-order valence-corrected chi connectivity index (χ2v) is 6.91. The minimum absolute atomic E-state index is 0.0302. The van der Waals surface area contributed by atoms with Gasteiger partial charge in [0.2, 0.25) is 10.0 Å². The molecule has 0 heterocycles. The van der Waals surface area contributed by atoms with Gasteiger partial charge in [-0.25, -0.2) is 17.9 Å². The molecule has 1 aliphatic rings. The number of rotatable bonds is 5. The summed E-state index contributed by atoms with van der Waals surface area (Å²) in [5, 5.41) is 8.86. The maximum atomic E-state index is 11.9. The van der Waals surface area contributed by atoms with E-state index < -0.39 is 16.0 Å². The molecule has 104 valence electrons. The second-order valence-electron chi connectivity index (χ2n) is 5.16. The van der Waals surface area contributed by atoms with Crippen LogP contribution in [0.15, 0.2) is 24.3 Å². The molecule has 6 heteroatoms. The zero-order valence-electron chi connectivity index (χ0n) is 10.7. The Bertz CT molecular complexity index is 576. The summed E-state index contributed by atoms with van der Waals surface area (Å²) in [6.45, 7) is 2.08. The Morgan fingerprint density at radius 2 is 2.11 bits per heavy atom. The summed E-state index contributed by atoms with van der Waals surface area (Å²) < 4.78 is 26.5. The van der Waals surface area contributed by atoms with Crippen molar-refractivity contribution in [3.63, 3.8) is 0 Å². The zero-order valence-corrected chi connectivity index (χ0v) is 11.5. The van der Waals surface area contributed by atoms with Crippen molar-refractivity contribution < 1.29 is 18.3 Å². The highest BCUT2D eigenvalue weighted by atomic mass is 32.2. The van der Waals surface area contributed by atoms with Gasteiger partial charge >= 0.3 is 5.97 Å². The average Bonchev–Trinajstić information content (AvgIpc) is 2.26. The fraction of sp³-hybridized carbons (Fsp3) is 0.462. The molecule has 0 radical (unpaired) electrons. The molecule has 0 atom stereocenters. The molecule has 5 nitrogen and oxygen atoms in total. The highest BCUT2D eigenvalue weighted by Gasteiger charge is 2.29. The number of benzene rings is 1. The van der Waals surface area contributed by atoms with Gasteiger partial charge in [-0.3, -0.25) is 0 Å². The van der Waals surface area contributed by atoms with Crippen LogP contribution in [0.25, 0.3) is 0 Å². The molecule has 0 bridgehead atoms. The molecule has 1 fully saturated rings. The van der Waals surface area contributed by atoms with Crippen LogP contribution in [0.2, 0.25) is 0 Å². The Morgan fingerprint density at radius 3 is 2.68 bits per heavy atom. The highest BCUT2D eigenvalue weighted by molar-refractivity contribution is 7.88. The van der Waals surface area contributed by atoms with E-state index in [0.29, 0.717) is 11.5 Å². The zero-order chi connectivity index (χ0) is 14.0. The van der Waals surface area contributed by atoms with Crippen LogP contribution in [0.5, 0.6) is 0 Å². The van der Waals surface area contributed by atoms with Crippen molar-refractivity contribution in [3.05, 3.63) is 35.4 Å². The molecule has 2 rings (SSSR count). The van der Waals surface area contributed by atoms with Crippen LogP contribution >= 0.6 is 0 Å². The third-order valence-corrected chi connectivity index (χ3v) is 4.66. The molecule has 1 saturated carbocycles. The summed E-state index contributed by atoms with van der Waals surface area (Å²) in [7, 11) is -3.40. The van der Waals surface area contributed by atoms with Crippen molar-refractivity contribution >= 4 is 16.0 Å². The minimum atomic E-state index is -3.40. The first-order valence-corrected chi connectivity index (χ1v) is 7.83. The third kappa shape index (κ3) is 3.78. The van der Waals surface area contributed by atoms with E-state index in [1.54, 1.807) is 12.1 Å². The summed E-state index contributed by atoms with van der Waals surface area (Å²) in [4.78, 5) is 10.8. The van der Waals surface area contributed by atoms with E-state index in [1.165, 1.54) is 12.1 Å². The largest absolute Gasteiger partial charge is 0.478 e. The molecule has 1 aliphatic carbocycles. The number of aromatic carboxylic acids is 1. The number of carbonyl (C=O) groups is 1. The van der Waals surface area contributed by atoms with Crippen LogP contribution in [0.3, 0.4) is 0 Å². The number of carboxylic acids is 1. The van der Waals surface area contributed by atoms with Crippen LogP contribution in [-0.4, -0.2) is 25.5 Å². The van der Waals surface area contributed by atoms with E-state index in [9.17, 15) is 13.2 Å². The molecular formula is C13H17NO4S. The van der Waals surface area contributed by atoms with Gasteiger partial charge in [0.15, 0.2) is 0 Å². The molecule has 0 aliphatic heterocycles. The Morgan fingerprint density at radius 1 is 1.42 bits per heavy atom. The fourth-order valence-electron chi connectivity index (χ4n) is 2.31. The van der Waals surface area contributed by atoms with Gasteiger partial charge in [-0.15, -0.1) is 0 Å². The minimum Gasteiger partial charge on any atom is -0.478 e. The first kappa shape index (κ1) is 14.0. The Labute approximate surface area is 112 Å². The Balaban J connectivity index is 2.03. The van der Waals surface area contributed by atoms with E-state index in [2.05, 4.69) is 11.6 Å². The van der Waals surface area contributed by atoms with Gasteiger partial charge in [-0.1, -0.05) is 19.1 Å². The van der Waals surface area contributed by atoms with Crippen LogP contribution < -0.4 is 4.72 Å². The van der Waals surface area contributed by atoms with Gasteiger partial charge in [0, 0.05) is 6.04 Å². The van der Waals surface area contributed by atoms with Crippen molar-refractivity contribution in [2.45, 2.75) is 31.6 Å². The number of nitrogens with one attached hydrogen (secondary N) is 1. The van der Waals surface area contributed by atoms with E-state index in [0.717, 1.165) is 12.8 Å². The summed E-state index contributed by atoms with van der Waals surface area (Å²) in [6, 6.07) is 6.04. The lowest BCUT2D eigenvalue weighted by Crippen LogP contribution is -2.43. The maximum Gasteiger partial charge on any atom is 0.335 e. The molecule has 0 unspecified atom stereocenters. The average molecular weight is 283 g/mol. The molecule has 2 N–H and O–H groups in total. The quantitative estimate of drug-likeness (QED) is 0.859. The van der Waals surface area contributed by atoms with Gasteiger partial charge in [-0.2, -0.15) is 0 Å². The predicted molar refractivity (Wildman–Crippen MR) is 71.3 cm³/mol. The summed E-state index contributed by atoms with van der Waals surface area (Å²) in [5.74, 6) is -0.665. The molecule has 0 saturated heterocycles. The van der Waals surface area contributed by atoms with Gasteiger partial charge in [0.1, 0.15) is 0 Å². The first-order chi connectivity index (χ1) is 8.85. The topological polar surface area (TPSA) is 83.5 Å². The summed E-state index contributed by atoms with van der Waals surface area (Å²) >= 11 is 0. The Kier molecular flexibility index (Phi) is 3.91. The molecular weight excluding hydrogens is 266 g/mol. The molecule has 0 spiro atoms. The van der Waals surface area contributed by atoms with Gasteiger partial charge in [-0.05, 0) is 36.5 Å². The van der Waals surface area contributed by atoms with Crippen LogP contribution in [0, 0.1) is 5.92 Å². The lowest BCUT2D eigenvalue weighted by molar-refractivity contribution is 0.0696. The maximum absolute atomic E-state index is 11.9. The van der Waals surface area contributed by atoms with E-state index >= 15 is 0 Å². The van der Waals surface area contributed by atoms with Crippen LogP contribution in [0.4, 0.5) is 0 Å². The predicted octanol–water partition coefficient (Wildman–Crippen LogP) is 1.60. The second kappa shape index (κ2) is 5.30. The number of sulfonamides is 1. The summed E-state index contributed by atoms with van der Waals surface area (Å²) in [5.41, 5.74) is 0.588. The number of hydrogen-bond acceptors (Lipinski definition) is 3. The van der Waals surface area contributed by atoms with Gasteiger partial charge in [0.25, 0.3) is 0 Å². The van der Waals surface area contributed by atoms with Crippen LogP contribution in [-0.2, 0) is 15.8 Å². The Hall–Kier alpha value is -1.40. The lowest BCUT2D eigenvalue weighted by atomic mass is 9.83. The molecule has 0 amide bonds. The van der Waals surface area contributed by atoms with E-state index in [-0.39, 0.29) is 17.4 Å². The van der Waals surface area contributed by atoms with Crippen molar-refractivity contribution in [2.75, 3.05) is 0 Å². The monoisotopic (exact) mass is 283 g/mol. The van der Waals surface area contributed by atoms with Crippen molar-refractivity contribution in [2.24, 2.45) is 5.92 Å². The SMILES string of the molecule is CC1CC(NS(=O)(=O)Cc2cccc(C(=O)O)c2)C1. The number of hydrogen-bond donors (Lipinski definition) is 2. The first-order valence-electron chi connectivity index (χ1n) is 6.18. The lowest BCUT2D eigenvalue weighted by Gasteiger charge is -2.32. The molecule has 19 heavy (non-hydrogen) atoms. The fourth-order valence-corrected chi connectivity index (χ4v) is 3.71. The van der Waals surface area contributed by atoms with Crippen molar-refractivity contribution in [1.82, 2.24) is 4.72 Å². The molecule has 1 aromatic rings. The summed E-state index contributed by atoms with van der Waals surface area (Å²) in [6.07, 6.45) is 1.74. The van der Waals surface area contributed by atoms with Crippen molar-refractivity contribution in [1.29, 1.82) is 0 Å². The third-order valence-electron chi connectivity index (χ3n) is 3.25. The van der Waals surface area contributed by atoms with E-state index in [4.69, 9.17) is 5.11 Å². The smallest absolute Gasteiger partial charge is 0.335 e. The normalized spacial score (nSPS) is 22.8.